The average Bonchev–Trinajstić information content (AvgIpc) is 2.62. The number of hydrogen-bond acceptors (Lipinski definition) is 5. The predicted octanol–water partition coefficient (Wildman–Crippen LogP) is 3.81. The first-order valence-corrected chi connectivity index (χ1v) is 9.41. The van der Waals surface area contributed by atoms with Crippen LogP contribution in [0.25, 0.3) is 0 Å². The lowest BCUT2D eigenvalue weighted by Gasteiger charge is -2.13. The van der Waals surface area contributed by atoms with Gasteiger partial charge in [-0.1, -0.05) is 64.7 Å². The molecule has 0 aliphatic carbocycles. The number of nitroso groups, excluding NO2 is 1. The second kappa shape index (κ2) is 11.6. The fourth-order valence-electron chi connectivity index (χ4n) is 2.93. The van der Waals surface area contributed by atoms with E-state index in [1.165, 1.54) is 70.0 Å². The third-order valence-corrected chi connectivity index (χ3v) is 4.55. The lowest BCUT2D eigenvalue weighted by molar-refractivity contribution is 0.559. The maximum absolute atomic E-state index is 11.9. The molecule has 7 nitrogen and oxygen atoms in total. The van der Waals surface area contributed by atoms with E-state index in [1.807, 2.05) is 0 Å². The highest BCUT2D eigenvalue weighted by atomic mass is 16.3. The van der Waals surface area contributed by atoms with Crippen LogP contribution in [0, 0.1) is 4.91 Å². The first-order chi connectivity index (χ1) is 12.0. The van der Waals surface area contributed by atoms with Crippen molar-refractivity contribution < 1.29 is 0 Å². The van der Waals surface area contributed by atoms with Crippen LogP contribution in [0.3, 0.4) is 0 Å². The van der Waals surface area contributed by atoms with Crippen LogP contribution >= 0.6 is 0 Å². The Morgan fingerprint density at radius 2 is 1.36 bits per heavy atom. The van der Waals surface area contributed by atoms with Crippen molar-refractivity contribution in [3.8, 4) is 0 Å². The molecule has 1 N–H and O–H groups in total. The molecule has 142 valence electrons. The van der Waals surface area contributed by atoms with Gasteiger partial charge in [0.25, 0.3) is 5.56 Å². The Morgan fingerprint density at radius 3 is 1.88 bits per heavy atom. The molecule has 25 heavy (non-hydrogen) atoms. The van der Waals surface area contributed by atoms with E-state index in [9.17, 15) is 14.5 Å². The smallest absolute Gasteiger partial charge is 0.332 e. The quantitative estimate of drug-likeness (QED) is 0.432. The molecule has 0 aliphatic rings. The second-order valence-corrected chi connectivity index (χ2v) is 6.60. The molecule has 0 atom stereocenters. The molecule has 0 aromatic carbocycles. The summed E-state index contributed by atoms with van der Waals surface area (Å²) in [6.45, 7) is 2.84. The van der Waals surface area contributed by atoms with Crippen LogP contribution in [-0.4, -0.2) is 15.7 Å². The van der Waals surface area contributed by atoms with Gasteiger partial charge < -0.3 is 5.32 Å². The third kappa shape index (κ3) is 6.48. The second-order valence-electron chi connectivity index (χ2n) is 6.60. The van der Waals surface area contributed by atoms with Crippen molar-refractivity contribution in [1.82, 2.24) is 9.13 Å². The van der Waals surface area contributed by atoms with Gasteiger partial charge in [-0.2, -0.15) is 0 Å². The molecule has 0 saturated carbocycles. The zero-order valence-electron chi connectivity index (χ0n) is 15.8. The highest BCUT2D eigenvalue weighted by Crippen LogP contribution is 2.17. The minimum atomic E-state index is -0.663. The van der Waals surface area contributed by atoms with Gasteiger partial charge in [-0.15, -0.1) is 4.91 Å². The Hall–Kier alpha value is -1.92. The van der Waals surface area contributed by atoms with Crippen molar-refractivity contribution in [3.05, 3.63) is 25.7 Å². The number of hydrogen-bond donors (Lipinski definition) is 1. The Morgan fingerprint density at radius 1 is 0.840 bits per heavy atom. The number of nitrogens with zero attached hydrogens (tertiary/aromatic N) is 3. The minimum absolute atomic E-state index is 0.207. The van der Waals surface area contributed by atoms with Crippen molar-refractivity contribution in [1.29, 1.82) is 0 Å². The van der Waals surface area contributed by atoms with Crippen LogP contribution in [0.2, 0.25) is 0 Å². The lowest BCUT2D eigenvalue weighted by atomic mass is 10.1. The summed E-state index contributed by atoms with van der Waals surface area (Å²) in [5.41, 5.74) is -1.37. The zero-order chi connectivity index (χ0) is 18.7. The van der Waals surface area contributed by atoms with Crippen molar-refractivity contribution in [2.75, 3.05) is 11.9 Å². The van der Waals surface area contributed by atoms with E-state index in [0.717, 1.165) is 17.4 Å². The van der Waals surface area contributed by atoms with Gasteiger partial charge in [-0.25, -0.2) is 4.79 Å². The van der Waals surface area contributed by atoms with Crippen LogP contribution in [0.15, 0.2) is 14.8 Å². The van der Waals surface area contributed by atoms with Gasteiger partial charge in [-0.05, 0) is 11.6 Å². The van der Waals surface area contributed by atoms with Crippen LogP contribution in [0.4, 0.5) is 11.5 Å². The molecule has 0 fully saturated rings. The third-order valence-electron chi connectivity index (χ3n) is 4.55. The van der Waals surface area contributed by atoms with E-state index in [4.69, 9.17) is 0 Å². The Kier molecular flexibility index (Phi) is 9.80. The summed E-state index contributed by atoms with van der Waals surface area (Å²) in [4.78, 5) is 34.8. The first-order valence-electron chi connectivity index (χ1n) is 9.41. The molecule has 1 aromatic rings. The summed E-state index contributed by atoms with van der Waals surface area (Å²) >= 11 is 0. The van der Waals surface area contributed by atoms with Gasteiger partial charge in [0.05, 0.1) is 0 Å². The van der Waals surface area contributed by atoms with Gasteiger partial charge in [0.2, 0.25) is 5.69 Å². The summed E-state index contributed by atoms with van der Waals surface area (Å²) in [5.74, 6) is 0.207. The maximum atomic E-state index is 11.9. The summed E-state index contributed by atoms with van der Waals surface area (Å²) < 4.78 is 2.15. The number of rotatable bonds is 13. The number of aromatic nitrogens is 2. The van der Waals surface area contributed by atoms with Crippen molar-refractivity contribution in [2.24, 2.45) is 19.3 Å². The van der Waals surface area contributed by atoms with Crippen molar-refractivity contribution >= 4 is 11.5 Å². The van der Waals surface area contributed by atoms with Crippen LogP contribution in [-0.2, 0) is 14.1 Å². The number of anilines is 1. The van der Waals surface area contributed by atoms with E-state index in [1.54, 1.807) is 0 Å². The maximum Gasteiger partial charge on any atom is 0.332 e. The van der Waals surface area contributed by atoms with Crippen LogP contribution < -0.4 is 16.6 Å². The molecular formula is C18H32N4O3. The highest BCUT2D eigenvalue weighted by Gasteiger charge is 2.15. The van der Waals surface area contributed by atoms with Gasteiger partial charge in [0.15, 0.2) is 0 Å². The number of unbranched alkanes of at least 4 members (excludes halogenated alkanes) is 9. The molecule has 1 heterocycles. The minimum Gasteiger partial charge on any atom is -0.369 e. The van der Waals surface area contributed by atoms with E-state index < -0.39 is 11.2 Å². The fraction of sp³-hybridized carbons (Fsp3) is 0.778. The molecule has 0 saturated heterocycles. The average molecular weight is 352 g/mol. The van der Waals surface area contributed by atoms with Crippen LogP contribution in [0.1, 0.15) is 71.1 Å². The van der Waals surface area contributed by atoms with Gasteiger partial charge in [-0.3, -0.25) is 13.9 Å². The van der Waals surface area contributed by atoms with E-state index in [2.05, 4.69) is 17.4 Å². The summed E-state index contributed by atoms with van der Waals surface area (Å²) in [6.07, 6.45) is 12.4. The molecule has 1 rings (SSSR count). The SMILES string of the molecule is CCCCCCCCCCCCNc1c(N=O)c(=O)n(C)c(=O)n1C. The molecule has 0 aliphatic heterocycles. The normalized spacial score (nSPS) is 10.8. The fourth-order valence-corrected chi connectivity index (χ4v) is 2.93. The van der Waals surface area contributed by atoms with E-state index in [-0.39, 0.29) is 11.5 Å². The standard InChI is InChI=1S/C18H32N4O3/c1-4-5-6-7-8-9-10-11-12-13-14-19-16-15(20-25)17(23)22(3)18(24)21(16)2/h19H,4-14H2,1-3H3. The van der Waals surface area contributed by atoms with Crippen molar-refractivity contribution in [2.45, 2.75) is 71.1 Å². The Labute approximate surface area is 149 Å². The zero-order valence-corrected chi connectivity index (χ0v) is 15.8. The van der Waals surface area contributed by atoms with Gasteiger partial charge in [0.1, 0.15) is 5.82 Å². The van der Waals surface area contributed by atoms with Gasteiger partial charge >= 0.3 is 5.69 Å². The summed E-state index contributed by atoms with van der Waals surface area (Å²) in [6, 6.07) is 0. The summed E-state index contributed by atoms with van der Waals surface area (Å²) in [7, 11) is 2.86. The molecule has 0 radical (unpaired) electrons. The summed E-state index contributed by atoms with van der Waals surface area (Å²) in [5, 5.41) is 5.82. The molecule has 0 unspecified atom stereocenters. The molecule has 1 aromatic heterocycles. The lowest BCUT2D eigenvalue weighted by Crippen LogP contribution is -2.38. The predicted molar refractivity (Wildman–Crippen MR) is 103 cm³/mol. The van der Waals surface area contributed by atoms with Crippen LogP contribution in [0.5, 0.6) is 0 Å². The molecule has 0 amide bonds. The van der Waals surface area contributed by atoms with Gasteiger partial charge in [0, 0.05) is 20.6 Å². The highest BCUT2D eigenvalue weighted by molar-refractivity contribution is 5.59. The Balaban J connectivity index is 2.32. The first kappa shape index (κ1) is 21.1. The molecular weight excluding hydrogens is 320 g/mol. The Bertz CT molecular complexity index is 649. The molecule has 0 bridgehead atoms. The van der Waals surface area contributed by atoms with Crippen molar-refractivity contribution in [3.63, 3.8) is 0 Å². The molecule has 7 heteroatoms. The monoisotopic (exact) mass is 352 g/mol. The largest absolute Gasteiger partial charge is 0.369 e. The topological polar surface area (TPSA) is 85.5 Å². The van der Waals surface area contributed by atoms with E-state index >= 15 is 0 Å². The number of nitrogens with one attached hydrogen (secondary N) is 1. The van der Waals surface area contributed by atoms with E-state index in [0.29, 0.717) is 6.54 Å². The molecule has 0 spiro atoms.